The van der Waals surface area contributed by atoms with Crippen molar-refractivity contribution in [1.82, 2.24) is 20.0 Å². The van der Waals surface area contributed by atoms with Gasteiger partial charge in [0, 0.05) is 18.8 Å². The first-order valence-corrected chi connectivity index (χ1v) is 7.48. The Kier molecular flexibility index (Phi) is 5.58. The van der Waals surface area contributed by atoms with Gasteiger partial charge in [-0.1, -0.05) is 12.8 Å². The second-order valence-electron chi connectivity index (χ2n) is 5.82. The van der Waals surface area contributed by atoms with Gasteiger partial charge in [0.15, 0.2) is 5.82 Å². The lowest BCUT2D eigenvalue weighted by Crippen LogP contribution is -2.46. The van der Waals surface area contributed by atoms with Crippen LogP contribution in [0, 0.1) is 0 Å². The predicted molar refractivity (Wildman–Crippen MR) is 81.2 cm³/mol. The highest BCUT2D eigenvalue weighted by Crippen LogP contribution is 2.18. The first kappa shape index (κ1) is 15.8. The number of aliphatic hydroxyl groups excluding tert-OH is 1. The van der Waals surface area contributed by atoms with E-state index in [9.17, 15) is 9.90 Å². The third-order valence-electron chi connectivity index (χ3n) is 3.70. The second kappa shape index (κ2) is 7.42. The molecule has 21 heavy (non-hydrogen) atoms. The van der Waals surface area contributed by atoms with Gasteiger partial charge in [0.25, 0.3) is 0 Å². The van der Waals surface area contributed by atoms with Gasteiger partial charge in [0.1, 0.15) is 0 Å². The van der Waals surface area contributed by atoms with E-state index in [-0.39, 0.29) is 12.1 Å². The molecule has 2 unspecified atom stereocenters. The fourth-order valence-electron chi connectivity index (χ4n) is 2.46. The number of rotatable bonds is 5. The first-order valence-electron chi connectivity index (χ1n) is 7.48. The Hall–Kier alpha value is -1.60. The number of urea groups is 1. The Bertz CT molecular complexity index is 460. The summed E-state index contributed by atoms with van der Waals surface area (Å²) >= 11 is 0. The van der Waals surface area contributed by atoms with Gasteiger partial charge in [-0.15, -0.1) is 0 Å². The predicted octanol–water partition coefficient (Wildman–Crippen LogP) is 0.870. The van der Waals surface area contributed by atoms with Crippen molar-refractivity contribution >= 4 is 11.8 Å². The Morgan fingerprint density at radius 1 is 1.48 bits per heavy atom. The van der Waals surface area contributed by atoms with Crippen LogP contribution in [0.25, 0.3) is 0 Å². The molecule has 1 aliphatic carbocycles. The minimum atomic E-state index is -0.442. The molecular weight excluding hydrogens is 270 g/mol. The summed E-state index contributed by atoms with van der Waals surface area (Å²) in [6.45, 7) is 1.67. The highest BCUT2D eigenvalue weighted by molar-refractivity contribution is 5.88. The SMILES string of the molecule is CN(C)CCn1ccc(NC(=O)NC2CCCCC2O)n1. The number of anilines is 1. The highest BCUT2D eigenvalue weighted by Gasteiger charge is 2.24. The largest absolute Gasteiger partial charge is 0.391 e. The third kappa shape index (κ3) is 5.02. The Morgan fingerprint density at radius 2 is 2.24 bits per heavy atom. The Balaban J connectivity index is 1.79. The number of aromatic nitrogens is 2. The standard InChI is InChI=1S/C14H25N5O2/c1-18(2)9-10-19-8-7-13(17-19)16-14(21)15-11-5-3-4-6-12(11)20/h7-8,11-12,20H,3-6,9-10H2,1-2H3,(H2,15,16,17,21). The van der Waals surface area contributed by atoms with Crippen LogP contribution in [-0.4, -0.2) is 58.6 Å². The van der Waals surface area contributed by atoms with Crippen LogP contribution in [0.3, 0.4) is 0 Å². The van der Waals surface area contributed by atoms with Crippen LogP contribution in [0.4, 0.5) is 10.6 Å². The average molecular weight is 295 g/mol. The average Bonchev–Trinajstić information content (AvgIpc) is 2.86. The lowest BCUT2D eigenvalue weighted by atomic mass is 9.93. The number of carbonyl (C=O) groups is 1. The number of hydrogen-bond acceptors (Lipinski definition) is 4. The number of hydrogen-bond donors (Lipinski definition) is 3. The molecule has 0 spiro atoms. The van der Waals surface area contributed by atoms with Crippen LogP contribution in [0.5, 0.6) is 0 Å². The van der Waals surface area contributed by atoms with Crippen molar-refractivity contribution in [2.75, 3.05) is 26.0 Å². The van der Waals surface area contributed by atoms with E-state index in [1.54, 1.807) is 10.7 Å². The molecule has 2 amide bonds. The number of amides is 2. The van der Waals surface area contributed by atoms with Gasteiger partial charge >= 0.3 is 6.03 Å². The lowest BCUT2D eigenvalue weighted by Gasteiger charge is -2.28. The topological polar surface area (TPSA) is 82.4 Å². The number of aliphatic hydroxyl groups is 1. The highest BCUT2D eigenvalue weighted by atomic mass is 16.3. The molecule has 1 aromatic heterocycles. The number of nitrogens with zero attached hydrogens (tertiary/aromatic N) is 3. The van der Waals surface area contributed by atoms with E-state index in [1.807, 2.05) is 20.3 Å². The lowest BCUT2D eigenvalue weighted by molar-refractivity contribution is 0.0955. The molecule has 0 radical (unpaired) electrons. The van der Waals surface area contributed by atoms with Gasteiger partial charge in [-0.25, -0.2) is 4.79 Å². The van der Waals surface area contributed by atoms with E-state index in [0.717, 1.165) is 38.8 Å². The molecule has 118 valence electrons. The van der Waals surface area contributed by atoms with Crippen LogP contribution >= 0.6 is 0 Å². The number of carbonyl (C=O) groups excluding carboxylic acids is 1. The van der Waals surface area contributed by atoms with Gasteiger partial charge < -0.3 is 15.3 Å². The van der Waals surface area contributed by atoms with Crippen molar-refractivity contribution in [2.45, 2.75) is 44.4 Å². The van der Waals surface area contributed by atoms with Gasteiger partial charge in [-0.2, -0.15) is 5.10 Å². The molecule has 3 N–H and O–H groups in total. The second-order valence-corrected chi connectivity index (χ2v) is 5.82. The monoisotopic (exact) mass is 295 g/mol. The van der Waals surface area contributed by atoms with Crippen molar-refractivity contribution in [2.24, 2.45) is 0 Å². The maximum atomic E-state index is 11.9. The van der Waals surface area contributed by atoms with Gasteiger partial charge in [0.05, 0.1) is 18.7 Å². The minimum absolute atomic E-state index is 0.158. The number of nitrogens with one attached hydrogen (secondary N) is 2. The van der Waals surface area contributed by atoms with E-state index in [2.05, 4.69) is 20.6 Å². The molecule has 7 nitrogen and oxygen atoms in total. The normalized spacial score (nSPS) is 22.3. The molecule has 2 rings (SSSR count). The minimum Gasteiger partial charge on any atom is -0.391 e. The van der Waals surface area contributed by atoms with Gasteiger partial charge in [-0.3, -0.25) is 10.00 Å². The molecule has 7 heteroatoms. The van der Waals surface area contributed by atoms with Crippen LogP contribution in [0.2, 0.25) is 0 Å². The van der Waals surface area contributed by atoms with Crippen LogP contribution < -0.4 is 10.6 Å². The molecule has 2 atom stereocenters. The van der Waals surface area contributed by atoms with E-state index >= 15 is 0 Å². The summed E-state index contributed by atoms with van der Waals surface area (Å²) in [5, 5.41) is 19.7. The van der Waals surface area contributed by atoms with Crippen molar-refractivity contribution in [3.63, 3.8) is 0 Å². The van der Waals surface area contributed by atoms with Gasteiger partial charge in [0.2, 0.25) is 0 Å². The van der Waals surface area contributed by atoms with Crippen LogP contribution in [0.1, 0.15) is 25.7 Å². The molecular formula is C14H25N5O2. The van der Waals surface area contributed by atoms with E-state index in [1.165, 1.54) is 0 Å². The zero-order valence-corrected chi connectivity index (χ0v) is 12.7. The van der Waals surface area contributed by atoms with Crippen molar-refractivity contribution in [3.8, 4) is 0 Å². The Morgan fingerprint density at radius 3 is 2.95 bits per heavy atom. The molecule has 0 saturated heterocycles. The number of likely N-dealkylation sites (N-methyl/N-ethyl adjacent to an activating group) is 1. The summed E-state index contributed by atoms with van der Waals surface area (Å²) in [6.07, 6.45) is 5.05. The van der Waals surface area contributed by atoms with Crippen LogP contribution in [0.15, 0.2) is 12.3 Å². The summed E-state index contributed by atoms with van der Waals surface area (Å²) in [5.41, 5.74) is 0. The molecule has 1 aliphatic rings. The summed E-state index contributed by atoms with van der Waals surface area (Å²) in [7, 11) is 4.01. The fraction of sp³-hybridized carbons (Fsp3) is 0.714. The summed E-state index contributed by atoms with van der Waals surface area (Å²) < 4.78 is 1.80. The molecule has 1 aromatic rings. The quantitative estimate of drug-likeness (QED) is 0.753. The van der Waals surface area contributed by atoms with Gasteiger partial charge in [-0.05, 0) is 26.9 Å². The van der Waals surface area contributed by atoms with Crippen molar-refractivity contribution in [3.05, 3.63) is 12.3 Å². The van der Waals surface area contributed by atoms with Crippen molar-refractivity contribution in [1.29, 1.82) is 0 Å². The summed E-state index contributed by atoms with van der Waals surface area (Å²) in [4.78, 5) is 14.0. The van der Waals surface area contributed by atoms with E-state index in [4.69, 9.17) is 0 Å². The third-order valence-corrected chi connectivity index (χ3v) is 3.70. The first-order chi connectivity index (χ1) is 10.0. The van der Waals surface area contributed by atoms with Crippen LogP contribution in [-0.2, 0) is 6.54 Å². The molecule has 1 saturated carbocycles. The maximum Gasteiger partial charge on any atom is 0.320 e. The van der Waals surface area contributed by atoms with E-state index in [0.29, 0.717) is 5.82 Å². The smallest absolute Gasteiger partial charge is 0.320 e. The summed E-state index contributed by atoms with van der Waals surface area (Å²) in [6, 6.07) is 1.31. The fourth-order valence-corrected chi connectivity index (χ4v) is 2.46. The molecule has 1 heterocycles. The molecule has 1 fully saturated rings. The molecule has 0 bridgehead atoms. The maximum absolute atomic E-state index is 11.9. The zero-order chi connectivity index (χ0) is 15.2. The zero-order valence-electron chi connectivity index (χ0n) is 12.7. The van der Waals surface area contributed by atoms with Crippen molar-refractivity contribution < 1.29 is 9.90 Å². The molecule has 0 aliphatic heterocycles. The Labute approximate surface area is 125 Å². The molecule has 0 aromatic carbocycles. The summed E-state index contributed by atoms with van der Waals surface area (Å²) in [5.74, 6) is 0.525. The van der Waals surface area contributed by atoms with E-state index < -0.39 is 6.10 Å².